The van der Waals surface area contributed by atoms with Crippen LogP contribution in [0.4, 0.5) is 5.69 Å². The highest BCUT2D eigenvalue weighted by molar-refractivity contribution is 6.06. The highest BCUT2D eigenvalue weighted by Gasteiger charge is 2.14. The molecule has 1 heterocycles. The number of benzene rings is 3. The number of aromatic nitrogens is 1. The van der Waals surface area contributed by atoms with Gasteiger partial charge in [0.25, 0.3) is 5.91 Å². The molecule has 0 aliphatic carbocycles. The molecule has 4 aromatic rings. The molecule has 3 heteroatoms. The first kappa shape index (κ1) is 20.0. The molecule has 152 valence electrons. The number of rotatable bonds is 3. The van der Waals surface area contributed by atoms with E-state index in [0.717, 1.165) is 22.3 Å². The Morgan fingerprint density at radius 2 is 1.53 bits per heavy atom. The van der Waals surface area contributed by atoms with Crippen LogP contribution >= 0.6 is 0 Å². The number of hydrogen-bond donors (Lipinski definition) is 2. The Labute approximate surface area is 178 Å². The molecule has 3 aromatic carbocycles. The third-order valence-corrected chi connectivity index (χ3v) is 5.64. The van der Waals surface area contributed by atoms with E-state index in [4.69, 9.17) is 0 Å². The lowest BCUT2D eigenvalue weighted by atomic mass is 9.87. The molecule has 0 fully saturated rings. The Morgan fingerprint density at radius 3 is 2.17 bits per heavy atom. The summed E-state index contributed by atoms with van der Waals surface area (Å²) in [5, 5.41) is 4.10. The fourth-order valence-corrected chi connectivity index (χ4v) is 3.90. The summed E-state index contributed by atoms with van der Waals surface area (Å²) in [7, 11) is 0. The Balaban J connectivity index is 1.60. The Hall–Kier alpha value is -3.33. The van der Waals surface area contributed by atoms with Crippen LogP contribution < -0.4 is 5.32 Å². The molecule has 1 amide bonds. The van der Waals surface area contributed by atoms with Crippen LogP contribution in [-0.4, -0.2) is 10.9 Å². The molecule has 4 rings (SSSR count). The first-order valence-electron chi connectivity index (χ1n) is 10.3. The van der Waals surface area contributed by atoms with Crippen LogP contribution in [-0.2, 0) is 5.41 Å². The number of anilines is 1. The Bertz CT molecular complexity index is 1200. The summed E-state index contributed by atoms with van der Waals surface area (Å²) in [5.74, 6) is -0.108. The van der Waals surface area contributed by atoms with Crippen LogP contribution in [0.5, 0.6) is 0 Å². The van der Waals surface area contributed by atoms with E-state index in [9.17, 15) is 4.79 Å². The summed E-state index contributed by atoms with van der Waals surface area (Å²) in [5.41, 5.74) is 8.50. The normalized spacial score (nSPS) is 11.6. The first-order valence-corrected chi connectivity index (χ1v) is 10.3. The number of aryl methyl sites for hydroxylation is 2. The van der Waals surface area contributed by atoms with Crippen LogP contribution in [0.25, 0.3) is 22.2 Å². The maximum absolute atomic E-state index is 12.8. The molecule has 3 nitrogen and oxygen atoms in total. The monoisotopic (exact) mass is 396 g/mol. The molecule has 0 radical (unpaired) electrons. The number of carbonyl (C=O) groups is 1. The van der Waals surface area contributed by atoms with Gasteiger partial charge in [-0.25, -0.2) is 0 Å². The molecule has 0 aliphatic rings. The maximum Gasteiger partial charge on any atom is 0.255 e. The fraction of sp³-hybridized carbons (Fsp3) is 0.222. The quantitative estimate of drug-likeness (QED) is 0.385. The van der Waals surface area contributed by atoms with E-state index in [1.54, 1.807) is 0 Å². The number of aromatic amines is 1. The number of carbonyl (C=O) groups excluding carboxylic acids is 1. The summed E-state index contributed by atoms with van der Waals surface area (Å²) in [4.78, 5) is 16.3. The highest BCUT2D eigenvalue weighted by Crippen LogP contribution is 2.30. The van der Waals surface area contributed by atoms with Crippen LogP contribution in [0.2, 0.25) is 0 Å². The number of hydrogen-bond acceptors (Lipinski definition) is 1. The lowest BCUT2D eigenvalue weighted by Crippen LogP contribution is -2.13. The molecule has 1 aromatic heterocycles. The van der Waals surface area contributed by atoms with Crippen molar-refractivity contribution in [2.45, 2.75) is 40.0 Å². The first-order chi connectivity index (χ1) is 14.2. The van der Waals surface area contributed by atoms with Crippen molar-refractivity contribution >= 4 is 22.5 Å². The standard InChI is InChI=1S/C27H28N2O/c1-17-7-6-8-18(2)25(17)24-15-19-9-10-20(16-23(19)29-24)26(30)28-22-13-11-21(12-14-22)27(3,4)5/h6-16,29H,1-5H3,(H,28,30). The average Bonchev–Trinajstić information content (AvgIpc) is 3.10. The van der Waals surface area contributed by atoms with Crippen molar-refractivity contribution in [1.82, 2.24) is 4.98 Å². The molecule has 2 N–H and O–H groups in total. The minimum absolute atomic E-state index is 0.0916. The van der Waals surface area contributed by atoms with Gasteiger partial charge < -0.3 is 10.3 Å². The van der Waals surface area contributed by atoms with Crippen molar-refractivity contribution in [3.8, 4) is 11.3 Å². The summed E-state index contributed by atoms with van der Waals surface area (Å²) < 4.78 is 0. The zero-order valence-electron chi connectivity index (χ0n) is 18.3. The predicted molar refractivity (Wildman–Crippen MR) is 126 cm³/mol. The average molecular weight is 397 g/mol. The Morgan fingerprint density at radius 1 is 0.867 bits per heavy atom. The zero-order valence-corrected chi connectivity index (χ0v) is 18.3. The second-order valence-corrected chi connectivity index (χ2v) is 9.03. The molecule has 30 heavy (non-hydrogen) atoms. The van der Waals surface area contributed by atoms with E-state index in [-0.39, 0.29) is 11.3 Å². The largest absolute Gasteiger partial charge is 0.354 e. The van der Waals surface area contributed by atoms with Gasteiger partial charge >= 0.3 is 0 Å². The second kappa shape index (κ2) is 7.49. The van der Waals surface area contributed by atoms with Gasteiger partial charge in [-0.1, -0.05) is 57.2 Å². The van der Waals surface area contributed by atoms with E-state index in [1.807, 2.05) is 30.3 Å². The molecule has 0 unspecified atom stereocenters. The van der Waals surface area contributed by atoms with Crippen LogP contribution in [0.3, 0.4) is 0 Å². The molecule has 0 saturated carbocycles. The van der Waals surface area contributed by atoms with Crippen molar-refractivity contribution in [2.75, 3.05) is 5.32 Å². The van der Waals surface area contributed by atoms with Crippen molar-refractivity contribution in [1.29, 1.82) is 0 Å². The van der Waals surface area contributed by atoms with Crippen LogP contribution in [0, 0.1) is 13.8 Å². The summed E-state index contributed by atoms with van der Waals surface area (Å²) in [6, 6.07) is 22.3. The summed E-state index contributed by atoms with van der Waals surface area (Å²) in [6.45, 7) is 10.8. The summed E-state index contributed by atoms with van der Waals surface area (Å²) in [6.07, 6.45) is 0. The number of amides is 1. The van der Waals surface area contributed by atoms with Crippen molar-refractivity contribution in [2.24, 2.45) is 0 Å². The van der Waals surface area contributed by atoms with E-state index >= 15 is 0 Å². The summed E-state index contributed by atoms with van der Waals surface area (Å²) >= 11 is 0. The molecular weight excluding hydrogens is 368 g/mol. The van der Waals surface area contributed by atoms with Gasteiger partial charge in [0.15, 0.2) is 0 Å². The van der Waals surface area contributed by atoms with Gasteiger partial charge in [-0.05, 0) is 66.3 Å². The van der Waals surface area contributed by atoms with Crippen LogP contribution in [0.1, 0.15) is 47.8 Å². The predicted octanol–water partition coefficient (Wildman–Crippen LogP) is 7.00. The van der Waals surface area contributed by atoms with Gasteiger partial charge in [0, 0.05) is 33.4 Å². The number of nitrogens with one attached hydrogen (secondary N) is 2. The van der Waals surface area contributed by atoms with Crippen molar-refractivity contribution < 1.29 is 4.79 Å². The SMILES string of the molecule is Cc1cccc(C)c1-c1cc2ccc(C(=O)Nc3ccc(C(C)(C)C)cc3)cc2[nH]1. The lowest BCUT2D eigenvalue weighted by molar-refractivity contribution is 0.102. The molecule has 0 aliphatic heterocycles. The van der Waals surface area contributed by atoms with Crippen LogP contribution in [0.15, 0.2) is 66.7 Å². The smallest absolute Gasteiger partial charge is 0.255 e. The van der Waals surface area contributed by atoms with Gasteiger partial charge in [0.05, 0.1) is 0 Å². The van der Waals surface area contributed by atoms with E-state index in [2.05, 4.69) is 81.3 Å². The van der Waals surface area contributed by atoms with Gasteiger partial charge in [0.1, 0.15) is 0 Å². The lowest BCUT2D eigenvalue weighted by Gasteiger charge is -2.19. The van der Waals surface area contributed by atoms with E-state index in [0.29, 0.717) is 5.56 Å². The minimum Gasteiger partial charge on any atom is -0.354 e. The van der Waals surface area contributed by atoms with E-state index in [1.165, 1.54) is 22.3 Å². The third-order valence-electron chi connectivity index (χ3n) is 5.64. The Kier molecular flexibility index (Phi) is 4.98. The molecular formula is C27H28N2O. The van der Waals surface area contributed by atoms with Gasteiger partial charge in [-0.2, -0.15) is 0 Å². The number of H-pyrrole nitrogens is 1. The van der Waals surface area contributed by atoms with Gasteiger partial charge in [-0.3, -0.25) is 4.79 Å². The molecule has 0 bridgehead atoms. The second-order valence-electron chi connectivity index (χ2n) is 9.03. The molecule has 0 saturated heterocycles. The molecule has 0 atom stereocenters. The van der Waals surface area contributed by atoms with Crippen molar-refractivity contribution in [3.05, 3.63) is 89.0 Å². The van der Waals surface area contributed by atoms with E-state index < -0.39 is 0 Å². The highest BCUT2D eigenvalue weighted by atomic mass is 16.1. The van der Waals surface area contributed by atoms with Crippen molar-refractivity contribution in [3.63, 3.8) is 0 Å². The fourth-order valence-electron chi connectivity index (χ4n) is 3.90. The molecule has 0 spiro atoms. The third kappa shape index (κ3) is 3.88. The number of fused-ring (bicyclic) bond motifs is 1. The topological polar surface area (TPSA) is 44.9 Å². The minimum atomic E-state index is -0.108. The van der Waals surface area contributed by atoms with Gasteiger partial charge in [-0.15, -0.1) is 0 Å². The zero-order chi connectivity index (χ0) is 21.5. The maximum atomic E-state index is 12.8. The van der Waals surface area contributed by atoms with Gasteiger partial charge in [0.2, 0.25) is 0 Å².